The number of anilines is 1. The van der Waals surface area contributed by atoms with E-state index in [1.807, 2.05) is 24.3 Å². The molecule has 1 aromatic heterocycles. The zero-order valence-corrected chi connectivity index (χ0v) is 16.5. The van der Waals surface area contributed by atoms with Crippen LogP contribution in [0.5, 0.6) is 11.5 Å². The van der Waals surface area contributed by atoms with E-state index in [1.165, 1.54) is 11.3 Å². The zero-order chi connectivity index (χ0) is 19.1. The molecule has 1 fully saturated rings. The van der Waals surface area contributed by atoms with Gasteiger partial charge in [0.1, 0.15) is 0 Å². The average Bonchev–Trinajstić information content (AvgIpc) is 3.45. The highest BCUT2D eigenvalue weighted by Gasteiger charge is 2.29. The molecule has 28 heavy (non-hydrogen) atoms. The number of hydrogen-bond acceptors (Lipinski definition) is 6. The summed E-state index contributed by atoms with van der Waals surface area (Å²) in [7, 11) is 0. The molecule has 3 aromatic rings. The molecule has 2 aliphatic heterocycles. The van der Waals surface area contributed by atoms with E-state index in [0.717, 1.165) is 29.7 Å². The monoisotopic (exact) mass is 416 g/mol. The lowest BCUT2D eigenvalue weighted by molar-refractivity contribution is 0.0917. The number of thiazole rings is 1. The third-order valence-electron chi connectivity index (χ3n) is 4.84. The van der Waals surface area contributed by atoms with Crippen LogP contribution in [0, 0.1) is 0 Å². The molecule has 0 N–H and O–H groups in total. The number of benzene rings is 2. The SMILES string of the molecule is O=C(c1cc(Cl)c2c(c1)OCO2)N(CC1CCCO1)c1nc2ccccc2s1. The summed E-state index contributed by atoms with van der Waals surface area (Å²) in [5.41, 5.74) is 1.31. The van der Waals surface area contributed by atoms with Gasteiger partial charge in [-0.1, -0.05) is 35.1 Å². The Hall–Kier alpha value is -2.35. The molecule has 3 heterocycles. The van der Waals surface area contributed by atoms with Gasteiger partial charge in [-0.2, -0.15) is 0 Å². The zero-order valence-electron chi connectivity index (χ0n) is 14.9. The molecular formula is C20H17ClN2O4S. The molecule has 144 valence electrons. The molecular weight excluding hydrogens is 400 g/mol. The molecule has 0 saturated carbocycles. The molecule has 0 spiro atoms. The predicted octanol–water partition coefficient (Wildman–Crippen LogP) is 4.50. The van der Waals surface area contributed by atoms with Crippen LogP contribution in [0.1, 0.15) is 23.2 Å². The van der Waals surface area contributed by atoms with Gasteiger partial charge in [-0.25, -0.2) is 4.98 Å². The van der Waals surface area contributed by atoms with Crippen molar-refractivity contribution < 1.29 is 19.0 Å². The minimum atomic E-state index is -0.185. The predicted molar refractivity (Wildman–Crippen MR) is 108 cm³/mol. The van der Waals surface area contributed by atoms with Crippen molar-refractivity contribution in [1.82, 2.24) is 4.98 Å². The Morgan fingerprint density at radius 2 is 2.18 bits per heavy atom. The third kappa shape index (κ3) is 3.19. The minimum absolute atomic E-state index is 0.000412. The molecule has 0 radical (unpaired) electrons. The number of rotatable bonds is 4. The van der Waals surface area contributed by atoms with E-state index in [2.05, 4.69) is 4.98 Å². The van der Waals surface area contributed by atoms with Crippen molar-refractivity contribution in [3.05, 3.63) is 47.0 Å². The Morgan fingerprint density at radius 1 is 1.29 bits per heavy atom. The number of para-hydroxylation sites is 1. The van der Waals surface area contributed by atoms with Crippen LogP contribution in [0.4, 0.5) is 5.13 Å². The fraction of sp³-hybridized carbons (Fsp3) is 0.300. The summed E-state index contributed by atoms with van der Waals surface area (Å²) in [6.45, 7) is 1.28. The summed E-state index contributed by atoms with van der Waals surface area (Å²) in [5, 5.41) is 1.01. The van der Waals surface area contributed by atoms with Crippen molar-refractivity contribution in [2.24, 2.45) is 0 Å². The smallest absolute Gasteiger partial charge is 0.260 e. The number of halogens is 1. The van der Waals surface area contributed by atoms with Gasteiger partial charge in [0.25, 0.3) is 5.91 Å². The van der Waals surface area contributed by atoms with Crippen LogP contribution in [-0.4, -0.2) is 36.9 Å². The second-order valence-corrected chi connectivity index (χ2v) is 8.12. The van der Waals surface area contributed by atoms with Gasteiger partial charge in [0.15, 0.2) is 16.6 Å². The van der Waals surface area contributed by atoms with E-state index in [-0.39, 0.29) is 18.8 Å². The Bertz CT molecular complexity index is 1010. The van der Waals surface area contributed by atoms with Crippen molar-refractivity contribution in [1.29, 1.82) is 0 Å². The number of carbonyl (C=O) groups excluding carboxylic acids is 1. The normalized spacial score (nSPS) is 18.0. The van der Waals surface area contributed by atoms with Gasteiger partial charge in [-0.3, -0.25) is 9.69 Å². The Balaban J connectivity index is 1.53. The van der Waals surface area contributed by atoms with E-state index >= 15 is 0 Å². The Kier molecular flexibility index (Phi) is 4.58. The Morgan fingerprint density at radius 3 is 3.00 bits per heavy atom. The fourth-order valence-electron chi connectivity index (χ4n) is 3.46. The first-order chi connectivity index (χ1) is 13.7. The Labute approximate surface area is 170 Å². The van der Waals surface area contributed by atoms with Gasteiger partial charge in [-0.05, 0) is 37.1 Å². The lowest BCUT2D eigenvalue weighted by Gasteiger charge is -2.23. The fourth-order valence-corrected chi connectivity index (χ4v) is 4.70. The van der Waals surface area contributed by atoms with Gasteiger partial charge in [0.2, 0.25) is 6.79 Å². The largest absolute Gasteiger partial charge is 0.454 e. The van der Waals surface area contributed by atoms with Gasteiger partial charge in [0, 0.05) is 12.2 Å². The quantitative estimate of drug-likeness (QED) is 0.626. The molecule has 1 saturated heterocycles. The lowest BCUT2D eigenvalue weighted by Crippen LogP contribution is -2.37. The first kappa shape index (κ1) is 17.7. The maximum absolute atomic E-state index is 13.4. The number of ether oxygens (including phenoxy) is 3. The number of carbonyl (C=O) groups is 1. The van der Waals surface area contributed by atoms with E-state index in [4.69, 9.17) is 25.8 Å². The number of nitrogens with zero attached hydrogens (tertiary/aromatic N) is 2. The first-order valence-corrected chi connectivity index (χ1v) is 10.3. The summed E-state index contributed by atoms with van der Waals surface area (Å²) in [5.74, 6) is 0.774. The maximum Gasteiger partial charge on any atom is 0.260 e. The van der Waals surface area contributed by atoms with Crippen LogP contribution in [-0.2, 0) is 4.74 Å². The van der Waals surface area contributed by atoms with Crippen molar-refractivity contribution >= 4 is 44.2 Å². The van der Waals surface area contributed by atoms with Crippen LogP contribution >= 0.6 is 22.9 Å². The standard InChI is InChI=1S/C20H17ClN2O4S/c21-14-8-12(9-16-18(14)27-11-26-16)19(24)23(10-13-4-3-7-25-13)20-22-15-5-1-2-6-17(15)28-20/h1-2,5-6,8-9,13H,3-4,7,10-11H2. The summed E-state index contributed by atoms with van der Waals surface area (Å²) >= 11 is 7.78. The topological polar surface area (TPSA) is 60.9 Å². The molecule has 1 amide bonds. The van der Waals surface area contributed by atoms with Crippen molar-refractivity contribution in [3.8, 4) is 11.5 Å². The van der Waals surface area contributed by atoms with E-state index < -0.39 is 0 Å². The number of aromatic nitrogens is 1. The van der Waals surface area contributed by atoms with Crippen LogP contribution in [0.25, 0.3) is 10.2 Å². The van der Waals surface area contributed by atoms with Gasteiger partial charge >= 0.3 is 0 Å². The highest BCUT2D eigenvalue weighted by Crippen LogP contribution is 2.40. The second-order valence-electron chi connectivity index (χ2n) is 6.71. The van der Waals surface area contributed by atoms with Crippen LogP contribution < -0.4 is 14.4 Å². The third-order valence-corrected chi connectivity index (χ3v) is 6.18. The molecule has 1 unspecified atom stereocenters. The lowest BCUT2D eigenvalue weighted by atomic mass is 10.1. The molecule has 8 heteroatoms. The first-order valence-electron chi connectivity index (χ1n) is 9.07. The highest BCUT2D eigenvalue weighted by molar-refractivity contribution is 7.22. The van der Waals surface area contributed by atoms with Crippen LogP contribution in [0.15, 0.2) is 36.4 Å². The summed E-state index contributed by atoms with van der Waals surface area (Å²) in [6, 6.07) is 11.1. The molecule has 6 nitrogen and oxygen atoms in total. The van der Waals surface area contributed by atoms with E-state index in [9.17, 15) is 4.79 Å². The molecule has 1 atom stereocenters. The van der Waals surface area contributed by atoms with E-state index in [1.54, 1.807) is 17.0 Å². The number of amides is 1. The van der Waals surface area contributed by atoms with Crippen molar-refractivity contribution in [2.75, 3.05) is 24.8 Å². The number of hydrogen-bond donors (Lipinski definition) is 0. The minimum Gasteiger partial charge on any atom is -0.454 e. The molecule has 2 aromatic carbocycles. The van der Waals surface area contributed by atoms with Crippen molar-refractivity contribution in [3.63, 3.8) is 0 Å². The maximum atomic E-state index is 13.4. The van der Waals surface area contributed by atoms with Crippen LogP contribution in [0.3, 0.4) is 0 Å². The molecule has 0 bridgehead atoms. The highest BCUT2D eigenvalue weighted by atomic mass is 35.5. The second kappa shape index (κ2) is 7.24. The molecule has 0 aliphatic carbocycles. The molecule has 2 aliphatic rings. The molecule has 5 rings (SSSR count). The van der Waals surface area contributed by atoms with Gasteiger partial charge < -0.3 is 14.2 Å². The summed E-state index contributed by atoms with van der Waals surface area (Å²) in [6.07, 6.45) is 1.93. The van der Waals surface area contributed by atoms with Crippen molar-refractivity contribution in [2.45, 2.75) is 18.9 Å². The van der Waals surface area contributed by atoms with Gasteiger partial charge in [0.05, 0.1) is 27.9 Å². The summed E-state index contributed by atoms with van der Waals surface area (Å²) in [4.78, 5) is 19.8. The number of fused-ring (bicyclic) bond motifs is 2. The van der Waals surface area contributed by atoms with E-state index in [0.29, 0.717) is 33.8 Å². The average molecular weight is 417 g/mol. The summed E-state index contributed by atoms with van der Waals surface area (Å²) < 4.78 is 17.6. The van der Waals surface area contributed by atoms with Gasteiger partial charge in [-0.15, -0.1) is 0 Å². The van der Waals surface area contributed by atoms with Crippen LogP contribution in [0.2, 0.25) is 5.02 Å².